The van der Waals surface area contributed by atoms with E-state index in [1.54, 1.807) is 24.3 Å². The summed E-state index contributed by atoms with van der Waals surface area (Å²) < 4.78 is 40.1. The number of nitrogens with zero attached hydrogens (tertiary/aromatic N) is 2. The van der Waals surface area contributed by atoms with Crippen LogP contribution in [0.25, 0.3) is 0 Å². The van der Waals surface area contributed by atoms with Crippen molar-refractivity contribution >= 4 is 39.1 Å². The highest BCUT2D eigenvalue weighted by Gasteiger charge is 2.33. The summed E-state index contributed by atoms with van der Waals surface area (Å²) in [5.41, 5.74) is 1.55. The number of benzene rings is 3. The maximum absolute atomic E-state index is 13.9. The van der Waals surface area contributed by atoms with E-state index in [9.17, 15) is 22.4 Å². The van der Waals surface area contributed by atoms with Gasteiger partial charge in [-0.25, -0.2) is 12.8 Å². The Bertz CT molecular complexity index is 1350. The van der Waals surface area contributed by atoms with Gasteiger partial charge >= 0.3 is 0 Å². The first kappa shape index (κ1) is 29.1. The van der Waals surface area contributed by atoms with Gasteiger partial charge in [-0.05, 0) is 55.3 Å². The first-order valence-corrected chi connectivity index (χ1v) is 14.3. The van der Waals surface area contributed by atoms with Gasteiger partial charge in [0.15, 0.2) is 0 Å². The highest BCUT2D eigenvalue weighted by Crippen LogP contribution is 2.21. The highest BCUT2D eigenvalue weighted by atomic mass is 35.5. The Hall–Kier alpha value is -3.43. The third-order valence-corrected chi connectivity index (χ3v) is 7.14. The van der Waals surface area contributed by atoms with Crippen LogP contribution in [0.5, 0.6) is 0 Å². The SMILES string of the molecule is CC(C)NC(=O)[C@H](Cc1ccccc1)N(Cc1ccc(Cl)cc1)C(=O)CN(c1cccc(F)c1)S(C)(=O)=O. The largest absolute Gasteiger partial charge is 0.352 e. The van der Waals surface area contributed by atoms with E-state index in [0.29, 0.717) is 10.6 Å². The molecule has 38 heavy (non-hydrogen) atoms. The van der Waals surface area contributed by atoms with Crippen molar-refractivity contribution in [2.75, 3.05) is 17.1 Å². The molecule has 0 unspecified atom stereocenters. The molecule has 0 aromatic heterocycles. The summed E-state index contributed by atoms with van der Waals surface area (Å²) in [6, 6.07) is 20.0. The van der Waals surface area contributed by atoms with Gasteiger partial charge in [0.2, 0.25) is 21.8 Å². The molecule has 10 heteroatoms. The van der Waals surface area contributed by atoms with Crippen LogP contribution in [0.2, 0.25) is 5.02 Å². The normalized spacial score (nSPS) is 12.2. The molecule has 2 amide bonds. The molecule has 0 spiro atoms. The molecule has 0 saturated carbocycles. The van der Waals surface area contributed by atoms with E-state index in [4.69, 9.17) is 11.6 Å². The Balaban J connectivity index is 2.05. The molecule has 0 bridgehead atoms. The van der Waals surface area contributed by atoms with Crippen molar-refractivity contribution in [2.24, 2.45) is 0 Å². The number of rotatable bonds is 11. The predicted molar refractivity (Wildman–Crippen MR) is 148 cm³/mol. The van der Waals surface area contributed by atoms with Gasteiger partial charge in [-0.2, -0.15) is 0 Å². The van der Waals surface area contributed by atoms with Crippen molar-refractivity contribution in [3.63, 3.8) is 0 Å². The number of anilines is 1. The summed E-state index contributed by atoms with van der Waals surface area (Å²) in [6.45, 7) is 3.05. The smallest absolute Gasteiger partial charge is 0.244 e. The molecular formula is C28H31ClFN3O4S. The lowest BCUT2D eigenvalue weighted by Gasteiger charge is -2.34. The highest BCUT2D eigenvalue weighted by molar-refractivity contribution is 7.92. The molecule has 0 aliphatic carbocycles. The van der Waals surface area contributed by atoms with E-state index in [0.717, 1.165) is 22.2 Å². The second-order valence-corrected chi connectivity index (χ2v) is 11.6. The number of carbonyl (C=O) groups is 2. The van der Waals surface area contributed by atoms with Crippen molar-refractivity contribution in [2.45, 2.75) is 38.9 Å². The van der Waals surface area contributed by atoms with Crippen molar-refractivity contribution in [3.8, 4) is 0 Å². The summed E-state index contributed by atoms with van der Waals surface area (Å²) in [7, 11) is -3.96. The topological polar surface area (TPSA) is 86.8 Å². The van der Waals surface area contributed by atoms with Crippen molar-refractivity contribution in [3.05, 3.63) is 101 Å². The maximum Gasteiger partial charge on any atom is 0.244 e. The number of hydrogen-bond donors (Lipinski definition) is 1. The average molecular weight is 560 g/mol. The molecular weight excluding hydrogens is 529 g/mol. The first-order valence-electron chi connectivity index (χ1n) is 12.1. The van der Waals surface area contributed by atoms with Crippen LogP contribution in [-0.2, 0) is 32.6 Å². The van der Waals surface area contributed by atoms with Gasteiger partial charge in [0.25, 0.3) is 0 Å². The number of halogens is 2. The molecule has 202 valence electrons. The Kier molecular flexibility index (Phi) is 9.88. The predicted octanol–water partition coefficient (Wildman–Crippen LogP) is 4.41. The molecule has 0 aliphatic heterocycles. The molecule has 3 aromatic carbocycles. The van der Waals surface area contributed by atoms with Gasteiger partial charge in [-0.1, -0.05) is 60.1 Å². The Morgan fingerprint density at radius 3 is 2.18 bits per heavy atom. The van der Waals surface area contributed by atoms with Crippen molar-refractivity contribution < 1.29 is 22.4 Å². The fourth-order valence-electron chi connectivity index (χ4n) is 3.97. The molecule has 1 atom stereocenters. The summed E-state index contributed by atoms with van der Waals surface area (Å²) in [4.78, 5) is 28.7. The fourth-order valence-corrected chi connectivity index (χ4v) is 4.93. The van der Waals surface area contributed by atoms with Crippen molar-refractivity contribution in [1.82, 2.24) is 10.2 Å². The van der Waals surface area contributed by atoms with Crippen LogP contribution in [0.4, 0.5) is 10.1 Å². The van der Waals surface area contributed by atoms with Gasteiger partial charge in [-0.15, -0.1) is 0 Å². The number of carbonyl (C=O) groups excluding carboxylic acids is 2. The van der Waals surface area contributed by atoms with Crippen LogP contribution in [0.15, 0.2) is 78.9 Å². The lowest BCUT2D eigenvalue weighted by molar-refractivity contribution is -0.140. The number of hydrogen-bond acceptors (Lipinski definition) is 4. The monoisotopic (exact) mass is 559 g/mol. The minimum atomic E-state index is -3.96. The van der Waals surface area contributed by atoms with Gasteiger partial charge in [0.1, 0.15) is 18.4 Å². The number of nitrogens with one attached hydrogen (secondary N) is 1. The molecule has 0 radical (unpaired) electrons. The summed E-state index contributed by atoms with van der Waals surface area (Å²) in [6.07, 6.45) is 1.15. The third kappa shape index (κ3) is 8.29. The summed E-state index contributed by atoms with van der Waals surface area (Å²) >= 11 is 6.04. The van der Waals surface area contributed by atoms with Crippen LogP contribution >= 0.6 is 11.6 Å². The standard InChI is InChI=1S/C28H31ClFN3O4S/c1-20(2)31-28(35)26(16-21-8-5-4-6-9-21)32(18-22-12-14-23(29)15-13-22)27(34)19-33(38(3,36)37)25-11-7-10-24(30)17-25/h4-15,17,20,26H,16,18-19H2,1-3H3,(H,31,35)/t26-/m0/s1. The maximum atomic E-state index is 13.9. The van der Waals surface area contributed by atoms with Crippen LogP contribution in [-0.4, -0.2) is 50.0 Å². The molecule has 7 nitrogen and oxygen atoms in total. The second-order valence-electron chi connectivity index (χ2n) is 9.27. The molecule has 1 N–H and O–H groups in total. The van der Waals surface area contributed by atoms with E-state index in [-0.39, 0.29) is 30.6 Å². The van der Waals surface area contributed by atoms with E-state index in [2.05, 4.69) is 5.32 Å². The van der Waals surface area contributed by atoms with Crippen LogP contribution in [0.1, 0.15) is 25.0 Å². The third-order valence-electron chi connectivity index (χ3n) is 5.74. The molecule has 0 heterocycles. The molecule has 3 rings (SSSR count). The lowest BCUT2D eigenvalue weighted by Crippen LogP contribution is -2.54. The van der Waals surface area contributed by atoms with E-state index >= 15 is 0 Å². The van der Waals surface area contributed by atoms with Crippen LogP contribution < -0.4 is 9.62 Å². The molecule has 0 aliphatic rings. The zero-order valence-corrected chi connectivity index (χ0v) is 23.0. The van der Waals surface area contributed by atoms with Gasteiger partial charge < -0.3 is 10.2 Å². The van der Waals surface area contributed by atoms with Crippen LogP contribution in [0, 0.1) is 5.82 Å². The number of amides is 2. The quantitative estimate of drug-likeness (QED) is 0.377. The summed E-state index contributed by atoms with van der Waals surface area (Å²) in [5.74, 6) is -1.63. The zero-order valence-electron chi connectivity index (χ0n) is 21.5. The van der Waals surface area contributed by atoms with E-state index in [1.807, 2.05) is 44.2 Å². The van der Waals surface area contributed by atoms with Gasteiger partial charge in [-0.3, -0.25) is 13.9 Å². The van der Waals surface area contributed by atoms with Gasteiger partial charge in [0.05, 0.1) is 11.9 Å². The minimum Gasteiger partial charge on any atom is -0.352 e. The van der Waals surface area contributed by atoms with Crippen LogP contribution in [0.3, 0.4) is 0 Å². The number of sulfonamides is 1. The summed E-state index contributed by atoms with van der Waals surface area (Å²) in [5, 5.41) is 3.39. The Morgan fingerprint density at radius 2 is 1.61 bits per heavy atom. The zero-order chi connectivity index (χ0) is 27.9. The minimum absolute atomic E-state index is 0.0125. The Labute approximate surface area is 228 Å². The Morgan fingerprint density at radius 1 is 0.947 bits per heavy atom. The molecule has 0 saturated heterocycles. The fraction of sp³-hybridized carbons (Fsp3) is 0.286. The van der Waals surface area contributed by atoms with Gasteiger partial charge in [0, 0.05) is 24.0 Å². The molecule has 0 fully saturated rings. The van der Waals surface area contributed by atoms with E-state index in [1.165, 1.54) is 23.1 Å². The lowest BCUT2D eigenvalue weighted by atomic mass is 10.0. The van der Waals surface area contributed by atoms with Crippen molar-refractivity contribution in [1.29, 1.82) is 0 Å². The molecule has 3 aromatic rings. The second kappa shape index (κ2) is 12.9. The average Bonchev–Trinajstić information content (AvgIpc) is 2.85. The first-order chi connectivity index (χ1) is 17.9. The van der Waals surface area contributed by atoms with E-state index < -0.39 is 34.3 Å².